The summed E-state index contributed by atoms with van der Waals surface area (Å²) in [5.41, 5.74) is 6.49. The van der Waals surface area contributed by atoms with Gasteiger partial charge < -0.3 is 9.64 Å². The maximum Gasteiger partial charge on any atom is 0.185 e. The van der Waals surface area contributed by atoms with Gasteiger partial charge in [0, 0.05) is 13.0 Å². The first-order chi connectivity index (χ1) is 15.6. The van der Waals surface area contributed by atoms with Gasteiger partial charge >= 0.3 is 0 Å². The summed E-state index contributed by atoms with van der Waals surface area (Å²) in [6.07, 6.45) is 2.43. The van der Waals surface area contributed by atoms with E-state index in [0.717, 1.165) is 23.2 Å². The maximum absolute atomic E-state index is 13.3. The fraction of sp³-hybridized carbons (Fsp3) is 0.500. The first kappa shape index (κ1) is 23.9. The van der Waals surface area contributed by atoms with Gasteiger partial charge in [-0.25, -0.2) is 9.35 Å². The molecule has 0 radical (unpaired) electrons. The van der Waals surface area contributed by atoms with E-state index in [-0.39, 0.29) is 6.10 Å². The molecule has 6 nitrogen and oxygen atoms in total. The third-order valence-electron chi connectivity index (χ3n) is 6.36. The third kappa shape index (κ3) is 5.47. The molecule has 2 aromatic carbocycles. The lowest BCUT2D eigenvalue weighted by molar-refractivity contribution is 0.373. The maximum atomic E-state index is 13.3. The van der Waals surface area contributed by atoms with Crippen LogP contribution in [0.25, 0.3) is 0 Å². The Morgan fingerprint density at radius 3 is 2.58 bits per heavy atom. The topological polar surface area (TPSA) is 95.0 Å². The molecule has 3 unspecified atom stereocenters. The van der Waals surface area contributed by atoms with Gasteiger partial charge in [0.1, 0.15) is 16.0 Å². The molecule has 0 amide bonds. The molecule has 2 aromatic rings. The molecule has 3 atom stereocenters. The lowest BCUT2D eigenvalue weighted by Gasteiger charge is -2.17. The van der Waals surface area contributed by atoms with Crippen molar-refractivity contribution in [2.45, 2.75) is 75.6 Å². The van der Waals surface area contributed by atoms with Crippen LogP contribution in [0.5, 0.6) is 0 Å². The van der Waals surface area contributed by atoms with Crippen LogP contribution >= 0.6 is 0 Å². The number of hydrogen-bond acceptors (Lipinski definition) is 5. The SMILES string of the molecule is Cc1cc(CN(C)C)ccc1S(N)(=O)=NC1OC1Cc1c(C(C)C)cc(C#N)cc1C1CC1. The molecule has 1 heterocycles. The van der Waals surface area contributed by atoms with Crippen molar-refractivity contribution in [1.29, 1.82) is 5.26 Å². The van der Waals surface area contributed by atoms with Crippen LogP contribution in [0.15, 0.2) is 39.6 Å². The molecule has 1 saturated heterocycles. The van der Waals surface area contributed by atoms with Gasteiger partial charge in [-0.1, -0.05) is 26.0 Å². The van der Waals surface area contributed by atoms with E-state index in [1.54, 1.807) is 0 Å². The van der Waals surface area contributed by atoms with Gasteiger partial charge in [-0.05, 0) is 91.7 Å². The lowest BCUT2D eigenvalue weighted by Crippen LogP contribution is -2.17. The molecule has 7 heteroatoms. The first-order valence-electron chi connectivity index (χ1n) is 11.6. The number of nitriles is 1. The highest BCUT2D eigenvalue weighted by Crippen LogP contribution is 2.45. The van der Waals surface area contributed by atoms with Crippen molar-refractivity contribution in [2.75, 3.05) is 14.1 Å². The number of ether oxygens (including phenoxy) is 1. The third-order valence-corrected chi connectivity index (χ3v) is 7.97. The second-order valence-electron chi connectivity index (χ2n) is 9.95. The van der Waals surface area contributed by atoms with Gasteiger partial charge in [-0.2, -0.15) is 9.62 Å². The minimum Gasteiger partial charge on any atom is -0.345 e. The number of hydrogen-bond donors (Lipinski definition) is 1. The van der Waals surface area contributed by atoms with Gasteiger partial charge in [0.15, 0.2) is 6.23 Å². The Labute approximate surface area is 198 Å². The first-order valence-corrected chi connectivity index (χ1v) is 13.2. The summed E-state index contributed by atoms with van der Waals surface area (Å²) in [7, 11) is 0.977. The van der Waals surface area contributed by atoms with E-state index in [9.17, 15) is 9.47 Å². The Balaban J connectivity index is 1.57. The molecular weight excluding hydrogens is 432 g/mol. The van der Waals surface area contributed by atoms with Crippen molar-refractivity contribution < 1.29 is 8.95 Å². The smallest absolute Gasteiger partial charge is 0.185 e. The summed E-state index contributed by atoms with van der Waals surface area (Å²) < 4.78 is 23.6. The van der Waals surface area contributed by atoms with Gasteiger partial charge in [-0.3, -0.25) is 0 Å². The Morgan fingerprint density at radius 1 is 1.27 bits per heavy atom. The molecule has 176 valence electrons. The van der Waals surface area contributed by atoms with Crippen molar-refractivity contribution in [3.05, 3.63) is 63.7 Å². The van der Waals surface area contributed by atoms with Crippen LogP contribution in [0.1, 0.15) is 71.9 Å². The van der Waals surface area contributed by atoms with E-state index >= 15 is 0 Å². The number of aryl methyl sites for hydroxylation is 1. The van der Waals surface area contributed by atoms with Crippen molar-refractivity contribution in [3.63, 3.8) is 0 Å². The highest BCUT2D eigenvalue weighted by molar-refractivity contribution is 7.91. The Hall–Kier alpha value is -2.24. The summed E-state index contributed by atoms with van der Waals surface area (Å²) in [5.74, 6) is 0.837. The van der Waals surface area contributed by atoms with E-state index in [1.807, 2.05) is 51.4 Å². The van der Waals surface area contributed by atoms with Crippen LogP contribution in [0, 0.1) is 18.3 Å². The minimum atomic E-state index is -3.06. The second kappa shape index (κ2) is 9.19. The minimum absolute atomic E-state index is 0.134. The fourth-order valence-electron chi connectivity index (χ4n) is 4.58. The lowest BCUT2D eigenvalue weighted by atomic mass is 9.87. The predicted octanol–water partition coefficient (Wildman–Crippen LogP) is 4.60. The van der Waals surface area contributed by atoms with Gasteiger partial charge in [0.2, 0.25) is 0 Å². The average molecular weight is 467 g/mol. The van der Waals surface area contributed by atoms with Crippen LogP contribution in [-0.2, 0) is 27.6 Å². The summed E-state index contributed by atoms with van der Waals surface area (Å²) in [5, 5.41) is 15.7. The van der Waals surface area contributed by atoms with Crippen LogP contribution in [0.2, 0.25) is 0 Å². The summed E-state index contributed by atoms with van der Waals surface area (Å²) >= 11 is 0. The molecule has 2 N–H and O–H groups in total. The van der Waals surface area contributed by atoms with Crippen LogP contribution in [0.4, 0.5) is 0 Å². The number of nitrogens with two attached hydrogens (primary N) is 1. The fourth-order valence-corrected chi connectivity index (χ4v) is 5.97. The summed E-state index contributed by atoms with van der Waals surface area (Å²) in [4.78, 5) is 2.66. The van der Waals surface area contributed by atoms with Crippen molar-refractivity contribution in [1.82, 2.24) is 4.90 Å². The number of epoxide rings is 1. The zero-order chi connectivity index (χ0) is 23.9. The van der Waals surface area contributed by atoms with Gasteiger partial charge in [0.25, 0.3) is 0 Å². The van der Waals surface area contributed by atoms with Gasteiger partial charge in [-0.15, -0.1) is 0 Å². The molecule has 33 heavy (non-hydrogen) atoms. The average Bonchev–Trinajstić information content (AvgIpc) is 3.64. The van der Waals surface area contributed by atoms with Crippen LogP contribution in [0.3, 0.4) is 0 Å². The molecule has 2 fully saturated rings. The molecule has 1 aliphatic heterocycles. The van der Waals surface area contributed by atoms with Crippen molar-refractivity contribution in [2.24, 2.45) is 9.50 Å². The highest BCUT2D eigenvalue weighted by atomic mass is 32.2. The Kier molecular flexibility index (Phi) is 6.66. The Morgan fingerprint density at radius 2 is 2.00 bits per heavy atom. The molecule has 1 saturated carbocycles. The molecule has 0 aromatic heterocycles. The largest absolute Gasteiger partial charge is 0.345 e. The second-order valence-corrected chi connectivity index (χ2v) is 11.7. The van der Waals surface area contributed by atoms with Crippen molar-refractivity contribution >= 4 is 9.92 Å². The van der Waals surface area contributed by atoms with Crippen molar-refractivity contribution in [3.8, 4) is 6.07 Å². The predicted molar refractivity (Wildman–Crippen MR) is 131 cm³/mol. The van der Waals surface area contributed by atoms with Gasteiger partial charge in [0.05, 0.1) is 16.5 Å². The summed E-state index contributed by atoms with van der Waals surface area (Å²) in [6.45, 7) is 7.04. The van der Waals surface area contributed by atoms with E-state index in [2.05, 4.69) is 29.2 Å². The molecule has 0 spiro atoms. The van der Waals surface area contributed by atoms with E-state index in [1.165, 1.54) is 29.5 Å². The van der Waals surface area contributed by atoms with Crippen LogP contribution < -0.4 is 5.14 Å². The monoisotopic (exact) mass is 466 g/mol. The standard InChI is InChI=1S/C26H34N4O2S/c1-16(2)21-11-19(14-27)12-22(20-7-8-20)23(21)13-24-26(32-24)29-33(28,31)25-9-6-18(10-17(25)3)15-30(4)5/h6,9-12,16,20,24,26H,7-8,13,15H2,1-5H3,(H2,28,29,31). The molecule has 4 rings (SSSR count). The zero-order valence-corrected chi connectivity index (χ0v) is 21.0. The number of nitrogens with zero attached hydrogens (tertiary/aromatic N) is 3. The van der Waals surface area contributed by atoms with E-state index < -0.39 is 16.1 Å². The number of benzene rings is 2. The number of rotatable bonds is 8. The molecule has 2 aliphatic rings. The normalized spacial score (nSPS) is 21.7. The Bertz CT molecular complexity index is 1190. The molecule has 1 aliphatic carbocycles. The quantitative estimate of drug-likeness (QED) is 0.575. The highest BCUT2D eigenvalue weighted by Gasteiger charge is 2.42. The molecular formula is C26H34N4O2S. The van der Waals surface area contributed by atoms with E-state index in [0.29, 0.717) is 23.2 Å². The molecule has 0 bridgehead atoms. The summed E-state index contributed by atoms with van der Waals surface area (Å²) in [6, 6.07) is 12.2. The van der Waals surface area contributed by atoms with E-state index in [4.69, 9.17) is 9.88 Å². The van der Waals surface area contributed by atoms with Crippen LogP contribution in [-0.4, -0.2) is 35.5 Å². The zero-order valence-electron chi connectivity index (χ0n) is 20.2.